The summed E-state index contributed by atoms with van der Waals surface area (Å²) in [5, 5.41) is 0. The number of hydrogen-bond acceptors (Lipinski definition) is 2. The van der Waals surface area contributed by atoms with Crippen LogP contribution in [0, 0.1) is 5.82 Å². The van der Waals surface area contributed by atoms with Crippen LogP contribution in [0.4, 0.5) is 4.39 Å². The molecule has 3 rings (SSSR count). The second kappa shape index (κ2) is 5.82. The number of hydrogen-bond donors (Lipinski definition) is 0. The Morgan fingerprint density at radius 3 is 2.80 bits per heavy atom. The molecule has 0 saturated carbocycles. The molecule has 0 radical (unpaired) electrons. The van der Waals surface area contributed by atoms with Gasteiger partial charge in [-0.3, -0.25) is 9.80 Å². The lowest BCUT2D eigenvalue weighted by Gasteiger charge is -2.49. The normalized spacial score (nSPS) is 29.9. The van der Waals surface area contributed by atoms with Crippen LogP contribution in [-0.4, -0.2) is 41.5 Å². The van der Waals surface area contributed by atoms with Crippen LogP contribution >= 0.6 is 0 Å². The Morgan fingerprint density at radius 2 is 2.00 bits per heavy atom. The lowest BCUT2D eigenvalue weighted by atomic mass is 9.94. The number of piperazine rings is 1. The number of halogens is 1. The fourth-order valence-electron chi connectivity index (χ4n) is 3.91. The molecule has 2 fully saturated rings. The first kappa shape index (κ1) is 14.0. The largest absolute Gasteiger partial charge is 0.298 e. The number of piperidine rings is 1. The molecule has 2 heterocycles. The second-order valence-electron chi connectivity index (χ2n) is 6.39. The van der Waals surface area contributed by atoms with Gasteiger partial charge in [0.25, 0.3) is 0 Å². The minimum absolute atomic E-state index is 0.0710. The lowest BCUT2D eigenvalue weighted by molar-refractivity contribution is -0.00525. The highest BCUT2D eigenvalue weighted by atomic mass is 19.1. The van der Waals surface area contributed by atoms with Crippen LogP contribution in [0.1, 0.15) is 44.7 Å². The molecule has 0 spiro atoms. The number of rotatable bonds is 2. The smallest absolute Gasteiger partial charge is 0.127 e. The van der Waals surface area contributed by atoms with E-state index in [0.717, 1.165) is 18.7 Å². The topological polar surface area (TPSA) is 6.48 Å². The Bertz CT molecular complexity index is 462. The third-order valence-corrected chi connectivity index (χ3v) is 5.09. The van der Waals surface area contributed by atoms with Gasteiger partial charge in [0, 0.05) is 36.8 Å². The van der Waals surface area contributed by atoms with E-state index in [1.807, 2.05) is 12.1 Å². The minimum Gasteiger partial charge on any atom is -0.298 e. The van der Waals surface area contributed by atoms with Gasteiger partial charge in [0.2, 0.25) is 0 Å². The molecule has 2 saturated heterocycles. The van der Waals surface area contributed by atoms with Crippen LogP contribution in [0.15, 0.2) is 24.3 Å². The molecule has 2 aliphatic rings. The monoisotopic (exact) mass is 276 g/mol. The molecule has 110 valence electrons. The van der Waals surface area contributed by atoms with Crippen LogP contribution < -0.4 is 0 Å². The van der Waals surface area contributed by atoms with E-state index in [9.17, 15) is 4.39 Å². The maximum atomic E-state index is 14.0. The molecule has 0 aliphatic carbocycles. The summed E-state index contributed by atoms with van der Waals surface area (Å²) in [6, 6.07) is 8.56. The van der Waals surface area contributed by atoms with Crippen molar-refractivity contribution in [3.05, 3.63) is 35.6 Å². The molecule has 2 nitrogen and oxygen atoms in total. The molecule has 3 atom stereocenters. The fraction of sp³-hybridized carbons (Fsp3) is 0.647. The SMILES string of the molecule is CC1CN2CCCCC2CN1C(C)c1ccccc1F. The van der Waals surface area contributed by atoms with E-state index in [1.54, 1.807) is 12.1 Å². The molecular weight excluding hydrogens is 251 g/mol. The average molecular weight is 276 g/mol. The zero-order chi connectivity index (χ0) is 14.1. The van der Waals surface area contributed by atoms with Gasteiger partial charge < -0.3 is 0 Å². The highest BCUT2D eigenvalue weighted by Gasteiger charge is 2.35. The summed E-state index contributed by atoms with van der Waals surface area (Å²) in [6.45, 7) is 7.88. The molecule has 3 unspecified atom stereocenters. The first-order valence-electron chi connectivity index (χ1n) is 7.91. The van der Waals surface area contributed by atoms with Gasteiger partial charge in [-0.1, -0.05) is 24.6 Å². The molecule has 20 heavy (non-hydrogen) atoms. The average Bonchev–Trinajstić information content (AvgIpc) is 2.46. The highest BCUT2D eigenvalue weighted by molar-refractivity contribution is 5.21. The molecule has 0 amide bonds. The number of fused-ring (bicyclic) bond motifs is 1. The van der Waals surface area contributed by atoms with E-state index in [-0.39, 0.29) is 11.9 Å². The first-order valence-corrected chi connectivity index (χ1v) is 7.91. The van der Waals surface area contributed by atoms with Crippen molar-refractivity contribution in [1.82, 2.24) is 9.80 Å². The van der Waals surface area contributed by atoms with Gasteiger partial charge in [-0.15, -0.1) is 0 Å². The molecule has 0 N–H and O–H groups in total. The molecule has 0 bridgehead atoms. The maximum absolute atomic E-state index is 14.0. The summed E-state index contributed by atoms with van der Waals surface area (Å²) >= 11 is 0. The zero-order valence-corrected chi connectivity index (χ0v) is 12.6. The zero-order valence-electron chi connectivity index (χ0n) is 12.6. The van der Waals surface area contributed by atoms with E-state index >= 15 is 0 Å². The van der Waals surface area contributed by atoms with Crippen LogP contribution in [-0.2, 0) is 0 Å². The molecule has 3 heteroatoms. The standard InChI is InChI=1S/C17H25FN2/c1-13-11-19-10-6-5-7-15(19)12-20(13)14(2)16-8-3-4-9-17(16)18/h3-4,8-9,13-15H,5-7,10-12H2,1-2H3. The maximum Gasteiger partial charge on any atom is 0.127 e. The van der Waals surface area contributed by atoms with Gasteiger partial charge >= 0.3 is 0 Å². The van der Waals surface area contributed by atoms with Gasteiger partial charge in [0.05, 0.1) is 0 Å². The third-order valence-electron chi connectivity index (χ3n) is 5.09. The van der Waals surface area contributed by atoms with Gasteiger partial charge in [-0.2, -0.15) is 0 Å². The van der Waals surface area contributed by atoms with E-state index in [0.29, 0.717) is 12.1 Å². The third kappa shape index (κ3) is 2.61. The summed E-state index contributed by atoms with van der Waals surface area (Å²) in [5.74, 6) is -0.0710. The van der Waals surface area contributed by atoms with E-state index in [1.165, 1.54) is 25.8 Å². The van der Waals surface area contributed by atoms with E-state index in [2.05, 4.69) is 23.6 Å². The van der Waals surface area contributed by atoms with Crippen molar-refractivity contribution in [3.63, 3.8) is 0 Å². The Kier molecular flexibility index (Phi) is 4.08. The van der Waals surface area contributed by atoms with Gasteiger partial charge in [0.15, 0.2) is 0 Å². The Balaban J connectivity index is 1.77. The van der Waals surface area contributed by atoms with Gasteiger partial charge in [-0.25, -0.2) is 4.39 Å². The molecule has 1 aromatic carbocycles. The highest BCUT2D eigenvalue weighted by Crippen LogP contribution is 2.31. The molecule has 2 aliphatic heterocycles. The second-order valence-corrected chi connectivity index (χ2v) is 6.39. The van der Waals surface area contributed by atoms with Crippen molar-refractivity contribution >= 4 is 0 Å². The van der Waals surface area contributed by atoms with Crippen molar-refractivity contribution in [2.75, 3.05) is 19.6 Å². The number of benzene rings is 1. The Labute approximate surface area is 121 Å². The summed E-state index contributed by atoms with van der Waals surface area (Å²) in [5.41, 5.74) is 0.837. The molecule has 1 aromatic rings. The predicted octanol–water partition coefficient (Wildman–Crippen LogP) is 3.45. The number of nitrogens with zero attached hydrogens (tertiary/aromatic N) is 2. The quantitative estimate of drug-likeness (QED) is 0.816. The first-order chi connectivity index (χ1) is 9.66. The van der Waals surface area contributed by atoms with E-state index < -0.39 is 0 Å². The van der Waals surface area contributed by atoms with Crippen molar-refractivity contribution in [2.24, 2.45) is 0 Å². The Morgan fingerprint density at radius 1 is 1.20 bits per heavy atom. The van der Waals surface area contributed by atoms with Crippen molar-refractivity contribution in [1.29, 1.82) is 0 Å². The fourth-order valence-corrected chi connectivity index (χ4v) is 3.91. The van der Waals surface area contributed by atoms with Crippen molar-refractivity contribution < 1.29 is 4.39 Å². The van der Waals surface area contributed by atoms with E-state index in [4.69, 9.17) is 0 Å². The van der Waals surface area contributed by atoms with Crippen LogP contribution in [0.25, 0.3) is 0 Å². The summed E-state index contributed by atoms with van der Waals surface area (Å²) in [4.78, 5) is 5.13. The van der Waals surface area contributed by atoms with Gasteiger partial charge in [0.1, 0.15) is 5.82 Å². The summed E-state index contributed by atoms with van der Waals surface area (Å²) in [6.07, 6.45) is 3.98. The lowest BCUT2D eigenvalue weighted by Crippen LogP contribution is -2.59. The van der Waals surface area contributed by atoms with Crippen LogP contribution in [0.3, 0.4) is 0 Å². The molecule has 0 aromatic heterocycles. The Hall–Kier alpha value is -0.930. The van der Waals surface area contributed by atoms with Crippen LogP contribution in [0.5, 0.6) is 0 Å². The van der Waals surface area contributed by atoms with Gasteiger partial charge in [-0.05, 0) is 39.3 Å². The molecular formula is C17H25FN2. The summed E-state index contributed by atoms with van der Waals surface area (Å²) < 4.78 is 14.0. The van der Waals surface area contributed by atoms with Crippen LogP contribution in [0.2, 0.25) is 0 Å². The minimum atomic E-state index is -0.0710. The van der Waals surface area contributed by atoms with Crippen molar-refractivity contribution in [2.45, 2.75) is 51.2 Å². The summed E-state index contributed by atoms with van der Waals surface area (Å²) in [7, 11) is 0. The van der Waals surface area contributed by atoms with Crippen molar-refractivity contribution in [3.8, 4) is 0 Å². The predicted molar refractivity (Wildman–Crippen MR) is 80.2 cm³/mol.